The van der Waals surface area contributed by atoms with Gasteiger partial charge in [0.25, 0.3) is 0 Å². The van der Waals surface area contributed by atoms with Crippen LogP contribution in [0, 0.1) is 5.92 Å². The number of halogens is 1. The Bertz CT molecular complexity index is 547. The first-order valence-corrected chi connectivity index (χ1v) is 9.48. The summed E-state index contributed by atoms with van der Waals surface area (Å²) in [7, 11) is 1.76. The van der Waals surface area contributed by atoms with Gasteiger partial charge in [-0.05, 0) is 30.5 Å². The second-order valence-electron chi connectivity index (χ2n) is 6.51. The third-order valence-corrected chi connectivity index (χ3v) is 3.83. The lowest BCUT2D eigenvalue weighted by molar-refractivity contribution is -0.118. The first kappa shape index (κ1) is 25.6. The number of nitrogens with zero attached hydrogens (tertiary/aromatic N) is 1. The molecule has 1 aromatic rings. The van der Waals surface area contributed by atoms with Gasteiger partial charge in [0.2, 0.25) is 5.91 Å². The molecule has 0 fully saturated rings. The van der Waals surface area contributed by atoms with Gasteiger partial charge < -0.3 is 20.7 Å². The lowest BCUT2D eigenvalue weighted by Crippen LogP contribution is -2.37. The molecule has 0 aliphatic heterocycles. The highest BCUT2D eigenvalue weighted by molar-refractivity contribution is 14.0. The zero-order valence-corrected chi connectivity index (χ0v) is 19.3. The molecule has 0 aromatic heterocycles. The molecule has 0 unspecified atom stereocenters. The summed E-state index contributed by atoms with van der Waals surface area (Å²) < 4.78 is 5.54. The molecule has 0 atom stereocenters. The number of nitrogens with one attached hydrogen (secondary N) is 3. The predicted molar refractivity (Wildman–Crippen MR) is 124 cm³/mol. The summed E-state index contributed by atoms with van der Waals surface area (Å²) in [5.74, 6) is 0.776. The normalized spacial score (nSPS) is 11.1. The molecular formula is C20H35IN4O2. The van der Waals surface area contributed by atoms with E-state index < -0.39 is 0 Å². The summed E-state index contributed by atoms with van der Waals surface area (Å²) in [4.78, 5) is 15.9. The first-order chi connectivity index (χ1) is 12.6. The van der Waals surface area contributed by atoms with Crippen LogP contribution in [0.5, 0.6) is 0 Å². The minimum atomic E-state index is -0.0252. The quantitative estimate of drug-likeness (QED) is 0.191. The fourth-order valence-electron chi connectivity index (χ4n) is 2.13. The van der Waals surface area contributed by atoms with Crippen molar-refractivity contribution in [2.45, 2.75) is 46.6 Å². The van der Waals surface area contributed by atoms with Crippen molar-refractivity contribution in [3.63, 3.8) is 0 Å². The van der Waals surface area contributed by atoms with Gasteiger partial charge in [-0.2, -0.15) is 0 Å². The average molecular weight is 490 g/mol. The van der Waals surface area contributed by atoms with Gasteiger partial charge in [0.1, 0.15) is 0 Å². The summed E-state index contributed by atoms with van der Waals surface area (Å²) >= 11 is 0. The SMILES string of the molecule is CCCCOCCCNC(=NC)NCc1ccc(NC(=O)C(C)C)cc1.I. The third-order valence-electron chi connectivity index (χ3n) is 3.83. The minimum Gasteiger partial charge on any atom is -0.381 e. The standard InChI is InChI=1S/C20H34N4O2.HI/c1-5-6-13-26-14-7-12-22-20(21-4)23-15-17-8-10-18(11-9-17)24-19(25)16(2)3;/h8-11,16H,5-7,12-15H2,1-4H3,(H,24,25)(H2,21,22,23);1H. The molecule has 0 aliphatic carbocycles. The van der Waals surface area contributed by atoms with E-state index in [9.17, 15) is 4.79 Å². The Morgan fingerprint density at radius 3 is 2.37 bits per heavy atom. The van der Waals surface area contributed by atoms with E-state index >= 15 is 0 Å². The van der Waals surface area contributed by atoms with Gasteiger partial charge in [-0.3, -0.25) is 9.79 Å². The van der Waals surface area contributed by atoms with Crippen molar-refractivity contribution in [3.8, 4) is 0 Å². The van der Waals surface area contributed by atoms with Crippen LogP contribution in [0.1, 0.15) is 45.6 Å². The molecule has 1 aromatic carbocycles. The van der Waals surface area contributed by atoms with Crippen molar-refractivity contribution in [3.05, 3.63) is 29.8 Å². The predicted octanol–water partition coefficient (Wildman–Crippen LogP) is 3.77. The Morgan fingerprint density at radius 2 is 1.78 bits per heavy atom. The van der Waals surface area contributed by atoms with Gasteiger partial charge in [0, 0.05) is 45.0 Å². The van der Waals surface area contributed by atoms with Gasteiger partial charge in [0.05, 0.1) is 0 Å². The van der Waals surface area contributed by atoms with Crippen LogP contribution in [0.25, 0.3) is 0 Å². The topological polar surface area (TPSA) is 74.8 Å². The number of anilines is 1. The first-order valence-electron chi connectivity index (χ1n) is 9.48. The minimum absolute atomic E-state index is 0. The summed E-state index contributed by atoms with van der Waals surface area (Å²) in [6.45, 7) is 9.03. The monoisotopic (exact) mass is 490 g/mol. The molecule has 154 valence electrons. The highest BCUT2D eigenvalue weighted by Gasteiger charge is 2.06. The fraction of sp³-hybridized carbons (Fsp3) is 0.600. The van der Waals surface area contributed by atoms with E-state index in [2.05, 4.69) is 27.9 Å². The van der Waals surface area contributed by atoms with Gasteiger partial charge in [-0.25, -0.2) is 0 Å². The number of guanidine groups is 1. The molecule has 0 bridgehead atoms. The number of amides is 1. The van der Waals surface area contributed by atoms with Crippen molar-refractivity contribution in [1.29, 1.82) is 0 Å². The Morgan fingerprint density at radius 1 is 1.11 bits per heavy atom. The van der Waals surface area contributed by atoms with Crippen LogP contribution in [-0.4, -0.2) is 38.7 Å². The van der Waals surface area contributed by atoms with Crippen molar-refractivity contribution in [2.75, 3.05) is 32.1 Å². The third kappa shape index (κ3) is 11.9. The second-order valence-corrected chi connectivity index (χ2v) is 6.51. The molecule has 6 nitrogen and oxygen atoms in total. The number of aliphatic imine (C=N–C) groups is 1. The largest absolute Gasteiger partial charge is 0.381 e. The fourth-order valence-corrected chi connectivity index (χ4v) is 2.13. The smallest absolute Gasteiger partial charge is 0.226 e. The molecule has 27 heavy (non-hydrogen) atoms. The molecule has 3 N–H and O–H groups in total. The van der Waals surface area contributed by atoms with Crippen LogP contribution in [-0.2, 0) is 16.1 Å². The number of unbranched alkanes of at least 4 members (excludes halogenated alkanes) is 1. The highest BCUT2D eigenvalue weighted by Crippen LogP contribution is 2.10. The van der Waals surface area contributed by atoms with Crippen LogP contribution in [0.15, 0.2) is 29.3 Å². The summed E-state index contributed by atoms with van der Waals surface area (Å²) in [6.07, 6.45) is 3.24. The molecule has 1 rings (SSSR count). The molecule has 0 radical (unpaired) electrons. The zero-order valence-electron chi connectivity index (χ0n) is 17.0. The number of hydrogen-bond acceptors (Lipinski definition) is 3. The molecule has 0 spiro atoms. The molecular weight excluding hydrogens is 455 g/mol. The van der Waals surface area contributed by atoms with Crippen molar-refractivity contribution in [2.24, 2.45) is 10.9 Å². The van der Waals surface area contributed by atoms with E-state index in [0.717, 1.165) is 49.8 Å². The van der Waals surface area contributed by atoms with Gasteiger partial charge in [-0.1, -0.05) is 39.3 Å². The van der Waals surface area contributed by atoms with Gasteiger partial charge in [-0.15, -0.1) is 24.0 Å². The average Bonchev–Trinajstić information content (AvgIpc) is 2.64. The zero-order chi connectivity index (χ0) is 19.2. The van der Waals surface area contributed by atoms with Crippen molar-refractivity contribution >= 4 is 41.5 Å². The van der Waals surface area contributed by atoms with Crippen LogP contribution in [0.3, 0.4) is 0 Å². The van der Waals surface area contributed by atoms with Crippen LogP contribution in [0.2, 0.25) is 0 Å². The number of carbonyl (C=O) groups excluding carboxylic acids is 1. The lowest BCUT2D eigenvalue weighted by Gasteiger charge is -2.13. The van der Waals surface area contributed by atoms with Crippen molar-refractivity contribution in [1.82, 2.24) is 10.6 Å². The molecule has 0 heterocycles. The Labute approximate surface area is 181 Å². The Kier molecular flexibility index (Phi) is 14.9. The van der Waals surface area contributed by atoms with E-state index in [1.807, 2.05) is 38.1 Å². The summed E-state index contributed by atoms with van der Waals surface area (Å²) in [6, 6.07) is 7.83. The van der Waals surface area contributed by atoms with Crippen LogP contribution in [0.4, 0.5) is 5.69 Å². The lowest BCUT2D eigenvalue weighted by atomic mass is 10.1. The maximum Gasteiger partial charge on any atom is 0.226 e. The van der Waals surface area contributed by atoms with Crippen molar-refractivity contribution < 1.29 is 9.53 Å². The number of rotatable bonds is 11. The summed E-state index contributed by atoms with van der Waals surface area (Å²) in [5, 5.41) is 9.46. The van der Waals surface area contributed by atoms with E-state index in [1.54, 1.807) is 7.05 Å². The number of hydrogen-bond donors (Lipinski definition) is 3. The molecule has 0 saturated carbocycles. The van der Waals surface area contributed by atoms with E-state index in [4.69, 9.17) is 4.74 Å². The Balaban J connectivity index is 0.00000676. The molecule has 7 heteroatoms. The van der Waals surface area contributed by atoms with Gasteiger partial charge in [0.15, 0.2) is 5.96 Å². The molecule has 0 saturated heterocycles. The van der Waals surface area contributed by atoms with Crippen LogP contribution < -0.4 is 16.0 Å². The molecule has 0 aliphatic rings. The van der Waals surface area contributed by atoms with E-state index in [1.165, 1.54) is 6.42 Å². The molecule has 1 amide bonds. The van der Waals surface area contributed by atoms with Crippen LogP contribution >= 0.6 is 24.0 Å². The summed E-state index contributed by atoms with van der Waals surface area (Å²) in [5.41, 5.74) is 1.94. The number of carbonyl (C=O) groups is 1. The number of ether oxygens (including phenoxy) is 1. The highest BCUT2D eigenvalue weighted by atomic mass is 127. The maximum atomic E-state index is 11.7. The number of benzene rings is 1. The second kappa shape index (κ2) is 15.7. The van der Waals surface area contributed by atoms with E-state index in [-0.39, 0.29) is 35.8 Å². The Hall–Kier alpha value is -1.35. The maximum absolute atomic E-state index is 11.7. The van der Waals surface area contributed by atoms with E-state index in [0.29, 0.717) is 6.54 Å². The van der Waals surface area contributed by atoms with Gasteiger partial charge >= 0.3 is 0 Å².